The maximum Gasteiger partial charge on any atom is 0.308 e. The van der Waals surface area contributed by atoms with E-state index in [0.717, 1.165) is 47.2 Å². The standard InChI is InChI=1S/C26H33NO7/c1-7-10-19-21(12-11-18-20(8-2)27-34-25(18)19)31-13-9-14-32-26-23(29-5)15-22(33-17(4)28)16(3)24(26)30-6/h11-12,15H,7-10,13-14H2,1-6H3. The van der Waals surface area contributed by atoms with Crippen molar-refractivity contribution in [2.75, 3.05) is 27.4 Å². The lowest BCUT2D eigenvalue weighted by Gasteiger charge is -2.18. The Morgan fingerprint density at radius 1 is 1.00 bits per heavy atom. The van der Waals surface area contributed by atoms with Gasteiger partial charge in [-0.25, -0.2) is 0 Å². The predicted molar refractivity (Wildman–Crippen MR) is 129 cm³/mol. The van der Waals surface area contributed by atoms with Gasteiger partial charge in [0.05, 0.1) is 33.1 Å². The Balaban J connectivity index is 1.68. The first kappa shape index (κ1) is 25.2. The average Bonchev–Trinajstić information content (AvgIpc) is 3.24. The van der Waals surface area contributed by atoms with Gasteiger partial charge in [0.25, 0.3) is 0 Å². The molecule has 0 saturated heterocycles. The van der Waals surface area contributed by atoms with E-state index in [9.17, 15) is 4.79 Å². The first-order valence-corrected chi connectivity index (χ1v) is 11.5. The smallest absolute Gasteiger partial charge is 0.308 e. The van der Waals surface area contributed by atoms with Crippen LogP contribution in [0.4, 0.5) is 0 Å². The van der Waals surface area contributed by atoms with E-state index in [0.29, 0.717) is 48.2 Å². The molecule has 0 fully saturated rings. The zero-order valence-electron chi connectivity index (χ0n) is 20.8. The summed E-state index contributed by atoms with van der Waals surface area (Å²) in [4.78, 5) is 11.4. The fourth-order valence-corrected chi connectivity index (χ4v) is 3.87. The van der Waals surface area contributed by atoms with Gasteiger partial charge in [-0.2, -0.15) is 0 Å². The van der Waals surface area contributed by atoms with Crippen LogP contribution in [0.1, 0.15) is 50.4 Å². The molecule has 3 aromatic rings. The lowest BCUT2D eigenvalue weighted by atomic mass is 10.0. The molecule has 0 radical (unpaired) electrons. The number of hydrogen-bond acceptors (Lipinski definition) is 8. The van der Waals surface area contributed by atoms with Crippen molar-refractivity contribution >= 4 is 16.9 Å². The number of nitrogens with zero attached hydrogens (tertiary/aromatic N) is 1. The van der Waals surface area contributed by atoms with Crippen molar-refractivity contribution in [3.05, 3.63) is 35.0 Å². The second-order valence-electron chi connectivity index (χ2n) is 7.86. The Kier molecular flexibility index (Phi) is 8.62. The number of carbonyl (C=O) groups is 1. The fraction of sp³-hybridized carbons (Fsp3) is 0.462. The van der Waals surface area contributed by atoms with Gasteiger partial charge in [-0.3, -0.25) is 4.79 Å². The summed E-state index contributed by atoms with van der Waals surface area (Å²) in [5, 5.41) is 5.25. The molecule has 0 bridgehead atoms. The number of carbonyl (C=O) groups excluding carboxylic acids is 1. The van der Waals surface area contributed by atoms with E-state index in [1.165, 1.54) is 21.1 Å². The topological polar surface area (TPSA) is 89.2 Å². The summed E-state index contributed by atoms with van der Waals surface area (Å²) in [5.41, 5.74) is 3.48. The van der Waals surface area contributed by atoms with Crippen LogP contribution in [0.3, 0.4) is 0 Å². The summed E-state index contributed by atoms with van der Waals surface area (Å²) < 4.78 is 33.9. The van der Waals surface area contributed by atoms with E-state index >= 15 is 0 Å². The quantitative estimate of drug-likeness (QED) is 0.196. The number of aryl methyl sites for hydroxylation is 2. The first-order valence-electron chi connectivity index (χ1n) is 11.5. The van der Waals surface area contributed by atoms with E-state index in [1.807, 2.05) is 12.1 Å². The minimum absolute atomic E-state index is 0.370. The second-order valence-corrected chi connectivity index (χ2v) is 7.86. The Morgan fingerprint density at radius 3 is 2.41 bits per heavy atom. The number of methoxy groups -OCH3 is 2. The average molecular weight is 472 g/mol. The highest BCUT2D eigenvalue weighted by molar-refractivity contribution is 5.84. The largest absolute Gasteiger partial charge is 0.493 e. The third kappa shape index (κ3) is 5.38. The molecule has 8 nitrogen and oxygen atoms in total. The molecule has 0 saturated carbocycles. The molecule has 184 valence electrons. The van der Waals surface area contributed by atoms with Gasteiger partial charge in [0.15, 0.2) is 17.1 Å². The molecule has 0 N–H and O–H groups in total. The molecule has 0 aliphatic heterocycles. The monoisotopic (exact) mass is 471 g/mol. The molecule has 3 rings (SSSR count). The van der Waals surface area contributed by atoms with Gasteiger partial charge >= 0.3 is 5.97 Å². The molecular formula is C26H33NO7. The molecule has 8 heteroatoms. The lowest BCUT2D eigenvalue weighted by molar-refractivity contribution is -0.131. The predicted octanol–water partition coefficient (Wildman–Crippen LogP) is 5.44. The van der Waals surface area contributed by atoms with E-state index in [-0.39, 0.29) is 0 Å². The number of benzene rings is 2. The van der Waals surface area contributed by atoms with Crippen LogP contribution in [0, 0.1) is 6.92 Å². The van der Waals surface area contributed by atoms with Crippen LogP contribution in [0.15, 0.2) is 22.7 Å². The summed E-state index contributed by atoms with van der Waals surface area (Å²) in [6.45, 7) is 8.18. The number of fused-ring (bicyclic) bond motifs is 1. The number of aromatic nitrogens is 1. The van der Waals surface area contributed by atoms with Crippen LogP contribution < -0.4 is 23.7 Å². The fourth-order valence-electron chi connectivity index (χ4n) is 3.87. The van der Waals surface area contributed by atoms with Gasteiger partial charge in [-0.05, 0) is 31.9 Å². The zero-order chi connectivity index (χ0) is 24.7. The Morgan fingerprint density at radius 2 is 1.76 bits per heavy atom. The molecule has 1 heterocycles. The van der Waals surface area contributed by atoms with Gasteiger partial charge in [0.2, 0.25) is 5.75 Å². The maximum atomic E-state index is 11.4. The molecule has 0 unspecified atom stereocenters. The minimum Gasteiger partial charge on any atom is -0.493 e. The maximum absolute atomic E-state index is 11.4. The number of hydrogen-bond donors (Lipinski definition) is 0. The third-order valence-electron chi connectivity index (χ3n) is 5.48. The summed E-state index contributed by atoms with van der Waals surface area (Å²) in [6, 6.07) is 5.63. The minimum atomic E-state index is -0.421. The molecular weight excluding hydrogens is 438 g/mol. The molecule has 34 heavy (non-hydrogen) atoms. The van der Waals surface area contributed by atoms with Gasteiger partial charge in [-0.15, -0.1) is 0 Å². The van der Waals surface area contributed by atoms with E-state index in [1.54, 1.807) is 13.0 Å². The van der Waals surface area contributed by atoms with Crippen LogP contribution in [0.5, 0.6) is 28.7 Å². The Bertz CT molecular complexity index is 1140. The van der Waals surface area contributed by atoms with Gasteiger partial charge < -0.3 is 28.2 Å². The van der Waals surface area contributed by atoms with Crippen molar-refractivity contribution in [3.8, 4) is 28.7 Å². The van der Waals surface area contributed by atoms with Crippen LogP contribution in [0.25, 0.3) is 11.0 Å². The van der Waals surface area contributed by atoms with Crippen LogP contribution in [-0.2, 0) is 17.6 Å². The van der Waals surface area contributed by atoms with Crippen molar-refractivity contribution in [1.82, 2.24) is 5.16 Å². The van der Waals surface area contributed by atoms with Crippen molar-refractivity contribution in [2.24, 2.45) is 0 Å². The second kappa shape index (κ2) is 11.6. The molecule has 0 spiro atoms. The van der Waals surface area contributed by atoms with Gasteiger partial charge in [-0.1, -0.05) is 25.4 Å². The molecule has 0 amide bonds. The van der Waals surface area contributed by atoms with Crippen molar-refractivity contribution < 1.29 is 33.0 Å². The SMILES string of the molecule is CCCc1c(OCCCOc2c(OC)cc(OC(C)=O)c(C)c2OC)ccc2c(CC)noc12. The number of esters is 1. The lowest BCUT2D eigenvalue weighted by Crippen LogP contribution is -2.09. The van der Waals surface area contributed by atoms with Crippen molar-refractivity contribution in [1.29, 1.82) is 0 Å². The highest BCUT2D eigenvalue weighted by Gasteiger charge is 2.21. The van der Waals surface area contributed by atoms with Crippen LogP contribution >= 0.6 is 0 Å². The number of ether oxygens (including phenoxy) is 5. The van der Waals surface area contributed by atoms with E-state index in [2.05, 4.69) is 19.0 Å². The first-order chi connectivity index (χ1) is 16.4. The summed E-state index contributed by atoms with van der Waals surface area (Å²) >= 11 is 0. The molecule has 2 aromatic carbocycles. The highest BCUT2D eigenvalue weighted by atomic mass is 16.6. The molecule has 1 aromatic heterocycles. The summed E-state index contributed by atoms with van der Waals surface area (Å²) in [5.74, 6) is 2.10. The number of rotatable bonds is 12. The van der Waals surface area contributed by atoms with E-state index in [4.69, 9.17) is 28.2 Å². The highest BCUT2D eigenvalue weighted by Crippen LogP contribution is 2.45. The van der Waals surface area contributed by atoms with Crippen molar-refractivity contribution in [3.63, 3.8) is 0 Å². The summed E-state index contributed by atoms with van der Waals surface area (Å²) in [6.07, 6.45) is 3.29. The van der Waals surface area contributed by atoms with Gasteiger partial charge in [0, 0.05) is 35.9 Å². The molecule has 0 aliphatic rings. The van der Waals surface area contributed by atoms with Gasteiger partial charge in [0.1, 0.15) is 11.5 Å². The zero-order valence-corrected chi connectivity index (χ0v) is 20.8. The molecule has 0 aliphatic carbocycles. The van der Waals surface area contributed by atoms with Crippen molar-refractivity contribution in [2.45, 2.75) is 53.4 Å². The Labute approximate surface area is 200 Å². The van der Waals surface area contributed by atoms with Crippen LogP contribution in [-0.4, -0.2) is 38.6 Å². The Hall–Kier alpha value is -3.42. The van der Waals surface area contributed by atoms with Crippen LogP contribution in [0.2, 0.25) is 0 Å². The normalized spacial score (nSPS) is 10.9. The molecule has 0 atom stereocenters. The third-order valence-corrected chi connectivity index (χ3v) is 5.48. The van der Waals surface area contributed by atoms with E-state index < -0.39 is 5.97 Å². The summed E-state index contributed by atoms with van der Waals surface area (Å²) in [7, 11) is 3.06.